The molecule has 0 aliphatic heterocycles. The number of hydrogen-bond acceptors (Lipinski definition) is 3. The third-order valence-corrected chi connectivity index (χ3v) is 3.02. The highest BCUT2D eigenvalue weighted by molar-refractivity contribution is 4.76. The van der Waals surface area contributed by atoms with Gasteiger partial charge in [-0.2, -0.15) is 0 Å². The molecule has 1 atom stereocenters. The Kier molecular flexibility index (Phi) is 4.70. The Labute approximate surface area is 81.5 Å². The molecule has 1 aliphatic rings. The quantitative estimate of drug-likeness (QED) is 0.672. The molecular formula is C10H23N3. The lowest BCUT2D eigenvalue weighted by atomic mass is 9.94. The monoisotopic (exact) mass is 185 g/mol. The van der Waals surface area contributed by atoms with E-state index in [1.165, 1.54) is 32.1 Å². The number of nitrogens with zero attached hydrogens (tertiary/aromatic N) is 1. The van der Waals surface area contributed by atoms with Gasteiger partial charge in [0.05, 0.1) is 0 Å². The van der Waals surface area contributed by atoms with Crippen LogP contribution in [0.25, 0.3) is 0 Å². The maximum atomic E-state index is 5.81. The summed E-state index contributed by atoms with van der Waals surface area (Å²) in [5.41, 5.74) is 11.3. The Balaban J connectivity index is 2.24. The van der Waals surface area contributed by atoms with E-state index in [2.05, 4.69) is 11.9 Å². The molecule has 78 valence electrons. The number of hydrogen-bond donors (Lipinski definition) is 2. The van der Waals surface area contributed by atoms with Crippen molar-refractivity contribution in [1.29, 1.82) is 0 Å². The molecule has 0 saturated heterocycles. The van der Waals surface area contributed by atoms with E-state index in [4.69, 9.17) is 11.5 Å². The van der Waals surface area contributed by atoms with Gasteiger partial charge in [0.15, 0.2) is 0 Å². The van der Waals surface area contributed by atoms with Crippen molar-refractivity contribution in [3.8, 4) is 0 Å². The van der Waals surface area contributed by atoms with Crippen molar-refractivity contribution in [1.82, 2.24) is 4.90 Å². The first-order valence-electron chi connectivity index (χ1n) is 5.40. The maximum Gasteiger partial charge on any atom is 0.0292 e. The molecule has 1 aliphatic carbocycles. The van der Waals surface area contributed by atoms with Crippen molar-refractivity contribution in [3.63, 3.8) is 0 Å². The van der Waals surface area contributed by atoms with Crippen LogP contribution in [-0.4, -0.2) is 37.1 Å². The van der Waals surface area contributed by atoms with E-state index in [-0.39, 0.29) is 6.04 Å². The van der Waals surface area contributed by atoms with Gasteiger partial charge in [0, 0.05) is 25.2 Å². The molecule has 1 saturated carbocycles. The average molecular weight is 185 g/mol. The number of nitrogens with two attached hydrogens (primary N) is 2. The number of rotatable bonds is 4. The van der Waals surface area contributed by atoms with E-state index >= 15 is 0 Å². The molecule has 0 aromatic heterocycles. The molecule has 1 rings (SSSR count). The molecule has 4 N–H and O–H groups in total. The molecule has 0 aromatic carbocycles. The van der Waals surface area contributed by atoms with E-state index in [0.29, 0.717) is 6.54 Å². The average Bonchev–Trinajstić information content (AvgIpc) is 2.19. The minimum atomic E-state index is 0.145. The zero-order valence-electron chi connectivity index (χ0n) is 8.71. The Morgan fingerprint density at radius 1 is 1.31 bits per heavy atom. The van der Waals surface area contributed by atoms with Gasteiger partial charge in [-0.3, -0.25) is 0 Å². The van der Waals surface area contributed by atoms with Crippen LogP contribution in [0.1, 0.15) is 32.1 Å². The van der Waals surface area contributed by atoms with Gasteiger partial charge >= 0.3 is 0 Å². The first-order chi connectivity index (χ1) is 6.24. The largest absolute Gasteiger partial charge is 0.329 e. The van der Waals surface area contributed by atoms with E-state index < -0.39 is 0 Å². The zero-order chi connectivity index (χ0) is 9.68. The minimum Gasteiger partial charge on any atom is -0.329 e. The van der Waals surface area contributed by atoms with Crippen molar-refractivity contribution in [2.45, 2.75) is 44.2 Å². The highest BCUT2D eigenvalue weighted by atomic mass is 15.1. The van der Waals surface area contributed by atoms with E-state index in [9.17, 15) is 0 Å². The Morgan fingerprint density at radius 3 is 2.46 bits per heavy atom. The molecule has 3 nitrogen and oxygen atoms in total. The van der Waals surface area contributed by atoms with Gasteiger partial charge in [0.2, 0.25) is 0 Å². The van der Waals surface area contributed by atoms with Crippen LogP contribution in [0.3, 0.4) is 0 Å². The van der Waals surface area contributed by atoms with Crippen molar-refractivity contribution in [3.05, 3.63) is 0 Å². The van der Waals surface area contributed by atoms with Crippen LogP contribution in [0.15, 0.2) is 0 Å². The fourth-order valence-electron chi connectivity index (χ4n) is 2.12. The van der Waals surface area contributed by atoms with Crippen molar-refractivity contribution < 1.29 is 0 Å². The van der Waals surface area contributed by atoms with Gasteiger partial charge in [-0.15, -0.1) is 0 Å². The number of likely N-dealkylation sites (N-methyl/N-ethyl adjacent to an activating group) is 1. The lowest BCUT2D eigenvalue weighted by Gasteiger charge is -2.32. The van der Waals surface area contributed by atoms with E-state index in [1.54, 1.807) is 0 Å². The summed E-state index contributed by atoms with van der Waals surface area (Å²) in [6.07, 6.45) is 6.86. The molecule has 3 heteroatoms. The summed E-state index contributed by atoms with van der Waals surface area (Å²) in [5.74, 6) is 0. The van der Waals surface area contributed by atoms with Gasteiger partial charge in [-0.1, -0.05) is 19.3 Å². The molecule has 1 unspecified atom stereocenters. The summed E-state index contributed by atoms with van der Waals surface area (Å²) in [6.45, 7) is 1.54. The smallest absolute Gasteiger partial charge is 0.0292 e. The van der Waals surface area contributed by atoms with Crippen LogP contribution in [0.5, 0.6) is 0 Å². The second kappa shape index (κ2) is 5.58. The van der Waals surface area contributed by atoms with Gasteiger partial charge < -0.3 is 16.4 Å². The molecule has 13 heavy (non-hydrogen) atoms. The van der Waals surface area contributed by atoms with E-state index in [1.807, 2.05) is 0 Å². The van der Waals surface area contributed by atoms with Gasteiger partial charge in [-0.05, 0) is 19.9 Å². The summed E-state index contributed by atoms with van der Waals surface area (Å²) in [5, 5.41) is 0. The molecule has 0 aromatic rings. The molecule has 0 radical (unpaired) electrons. The van der Waals surface area contributed by atoms with Crippen LogP contribution in [0.4, 0.5) is 0 Å². The molecule has 1 fully saturated rings. The fraction of sp³-hybridized carbons (Fsp3) is 1.00. The second-order valence-corrected chi connectivity index (χ2v) is 4.23. The van der Waals surface area contributed by atoms with E-state index in [0.717, 1.165) is 12.6 Å². The maximum absolute atomic E-state index is 5.81. The van der Waals surface area contributed by atoms with Crippen molar-refractivity contribution >= 4 is 0 Å². The Hall–Kier alpha value is -0.120. The molecule has 0 spiro atoms. The highest BCUT2D eigenvalue weighted by Gasteiger charge is 2.18. The van der Waals surface area contributed by atoms with Crippen LogP contribution < -0.4 is 11.5 Å². The molecule has 0 heterocycles. The summed E-state index contributed by atoms with van der Waals surface area (Å²) >= 11 is 0. The summed E-state index contributed by atoms with van der Waals surface area (Å²) in [4.78, 5) is 2.39. The fourth-order valence-corrected chi connectivity index (χ4v) is 2.12. The summed E-state index contributed by atoms with van der Waals surface area (Å²) in [6, 6.07) is 0.901. The topological polar surface area (TPSA) is 55.3 Å². The minimum absolute atomic E-state index is 0.145. The molecule has 0 bridgehead atoms. The zero-order valence-corrected chi connectivity index (χ0v) is 8.71. The second-order valence-electron chi connectivity index (χ2n) is 4.23. The van der Waals surface area contributed by atoms with Gasteiger partial charge in [-0.25, -0.2) is 0 Å². The van der Waals surface area contributed by atoms with Gasteiger partial charge in [0.25, 0.3) is 0 Å². The first kappa shape index (κ1) is 11.0. The van der Waals surface area contributed by atoms with Gasteiger partial charge in [0.1, 0.15) is 0 Å². The third-order valence-electron chi connectivity index (χ3n) is 3.02. The Bertz CT molecular complexity index is 132. The highest BCUT2D eigenvalue weighted by Crippen LogP contribution is 2.21. The predicted octanol–water partition coefficient (Wildman–Crippen LogP) is 0.537. The summed E-state index contributed by atoms with van der Waals surface area (Å²) in [7, 11) is 2.17. The van der Waals surface area contributed by atoms with Crippen LogP contribution in [0, 0.1) is 0 Å². The normalized spacial score (nSPS) is 22.2. The third kappa shape index (κ3) is 3.63. The van der Waals surface area contributed by atoms with Crippen LogP contribution >= 0.6 is 0 Å². The SMILES string of the molecule is CN(CC(N)CN)C1CCCCC1. The standard InChI is InChI=1S/C10H23N3/c1-13(8-9(12)7-11)10-5-3-2-4-6-10/h9-10H,2-8,11-12H2,1H3. The van der Waals surface area contributed by atoms with Crippen molar-refractivity contribution in [2.24, 2.45) is 11.5 Å². The van der Waals surface area contributed by atoms with Crippen molar-refractivity contribution in [2.75, 3.05) is 20.1 Å². The lowest BCUT2D eigenvalue weighted by molar-refractivity contribution is 0.183. The lowest BCUT2D eigenvalue weighted by Crippen LogP contribution is -2.45. The molecular weight excluding hydrogens is 162 g/mol. The summed E-state index contributed by atoms with van der Waals surface area (Å²) < 4.78 is 0. The first-order valence-corrected chi connectivity index (χ1v) is 5.40. The molecule has 0 amide bonds. The predicted molar refractivity (Wildman–Crippen MR) is 56.5 cm³/mol. The Morgan fingerprint density at radius 2 is 1.92 bits per heavy atom. The van der Waals surface area contributed by atoms with Crippen LogP contribution in [0.2, 0.25) is 0 Å². The van der Waals surface area contributed by atoms with Crippen LogP contribution in [-0.2, 0) is 0 Å².